The average Bonchev–Trinajstić information content (AvgIpc) is 2.85. The van der Waals surface area contributed by atoms with Gasteiger partial charge in [0.15, 0.2) is 0 Å². The van der Waals surface area contributed by atoms with Gasteiger partial charge < -0.3 is 19.5 Å². The molecule has 2 heterocycles. The monoisotopic (exact) mass is 517 g/mol. The number of ether oxygens (including phenoxy) is 3. The van der Waals surface area contributed by atoms with Crippen LogP contribution in [0, 0.1) is 6.92 Å². The standard InChI is InChI=1S/C19H21Br2NO4S/c1-4-11-9-19(5-6-25-11)16(26-18(27)24-3)15(17(23)22-19)14-12(20)7-10(2)8-13(14)21/h7-8,11H,4-6,9H2,1-3H3,(H,22,23). The fourth-order valence-corrected chi connectivity index (χ4v) is 5.55. The van der Waals surface area contributed by atoms with E-state index in [1.165, 1.54) is 7.11 Å². The van der Waals surface area contributed by atoms with E-state index < -0.39 is 5.54 Å². The van der Waals surface area contributed by atoms with Crippen LogP contribution in [0.15, 0.2) is 26.8 Å². The summed E-state index contributed by atoms with van der Waals surface area (Å²) < 4.78 is 18.4. The maximum Gasteiger partial charge on any atom is 0.357 e. The zero-order valence-electron chi connectivity index (χ0n) is 15.4. The van der Waals surface area contributed by atoms with Crippen LogP contribution in [-0.2, 0) is 19.0 Å². The van der Waals surface area contributed by atoms with Crippen LogP contribution in [0.25, 0.3) is 5.57 Å². The molecular weight excluding hydrogens is 498 g/mol. The maximum absolute atomic E-state index is 13.1. The van der Waals surface area contributed by atoms with Crippen molar-refractivity contribution in [2.24, 2.45) is 0 Å². The van der Waals surface area contributed by atoms with E-state index in [-0.39, 0.29) is 17.2 Å². The van der Waals surface area contributed by atoms with E-state index in [1.807, 2.05) is 19.1 Å². The summed E-state index contributed by atoms with van der Waals surface area (Å²) in [5, 5.41) is 3.14. The highest BCUT2D eigenvalue weighted by atomic mass is 79.9. The van der Waals surface area contributed by atoms with Crippen molar-refractivity contribution in [2.75, 3.05) is 13.7 Å². The van der Waals surface area contributed by atoms with E-state index >= 15 is 0 Å². The minimum absolute atomic E-state index is 0.0164. The predicted molar refractivity (Wildman–Crippen MR) is 114 cm³/mol. The van der Waals surface area contributed by atoms with E-state index in [0.29, 0.717) is 30.8 Å². The molecule has 3 rings (SSSR count). The summed E-state index contributed by atoms with van der Waals surface area (Å²) in [7, 11) is 1.45. The Labute approximate surface area is 181 Å². The zero-order valence-corrected chi connectivity index (χ0v) is 19.3. The number of rotatable bonds is 3. The Bertz CT molecular complexity index is 803. The van der Waals surface area contributed by atoms with Crippen LogP contribution >= 0.6 is 44.1 Å². The summed E-state index contributed by atoms with van der Waals surface area (Å²) in [6.45, 7) is 4.60. The minimum atomic E-state index is -0.655. The lowest BCUT2D eigenvalue weighted by Gasteiger charge is -2.38. The first-order valence-corrected chi connectivity index (χ1v) is 10.7. The Morgan fingerprint density at radius 1 is 1.41 bits per heavy atom. The molecule has 1 aromatic carbocycles. The third kappa shape index (κ3) is 3.95. The van der Waals surface area contributed by atoms with Gasteiger partial charge in [-0.1, -0.05) is 38.8 Å². The number of hydrogen-bond acceptors (Lipinski definition) is 5. The van der Waals surface area contributed by atoms with E-state index in [9.17, 15) is 4.79 Å². The topological polar surface area (TPSA) is 56.8 Å². The molecule has 2 atom stereocenters. The zero-order chi connectivity index (χ0) is 19.8. The van der Waals surface area contributed by atoms with Crippen LogP contribution in [0.3, 0.4) is 0 Å². The van der Waals surface area contributed by atoms with Crippen molar-refractivity contribution in [3.8, 4) is 0 Å². The number of benzene rings is 1. The SMILES string of the molecule is CCC1CC2(CCO1)NC(=O)C(c1c(Br)cc(C)cc1Br)=C2OC(=S)OC. The van der Waals surface area contributed by atoms with Gasteiger partial charge in [0.1, 0.15) is 11.3 Å². The van der Waals surface area contributed by atoms with Crippen LogP contribution in [0.2, 0.25) is 0 Å². The highest BCUT2D eigenvalue weighted by Gasteiger charge is 2.51. The van der Waals surface area contributed by atoms with E-state index in [2.05, 4.69) is 44.1 Å². The third-order valence-corrected chi connectivity index (χ3v) is 6.44. The van der Waals surface area contributed by atoms with E-state index in [4.69, 9.17) is 26.4 Å². The molecular formula is C19H21Br2NO4S. The number of nitrogens with one attached hydrogen (secondary N) is 1. The van der Waals surface area contributed by atoms with Crippen molar-refractivity contribution in [3.63, 3.8) is 0 Å². The molecule has 0 saturated carbocycles. The van der Waals surface area contributed by atoms with Gasteiger partial charge in [-0.3, -0.25) is 4.79 Å². The molecule has 0 radical (unpaired) electrons. The molecule has 0 aliphatic carbocycles. The fraction of sp³-hybridized carbons (Fsp3) is 0.474. The van der Waals surface area contributed by atoms with E-state index in [1.54, 1.807) is 0 Å². The summed E-state index contributed by atoms with van der Waals surface area (Å²) in [5.74, 6) is 0.317. The minimum Gasteiger partial charge on any atom is -0.460 e. The fourth-order valence-electron chi connectivity index (χ4n) is 3.65. The van der Waals surface area contributed by atoms with Crippen molar-refractivity contribution >= 4 is 60.8 Å². The second-order valence-corrected chi connectivity index (χ2v) is 8.80. The van der Waals surface area contributed by atoms with Crippen molar-refractivity contribution in [1.82, 2.24) is 5.32 Å². The van der Waals surface area contributed by atoms with Gasteiger partial charge in [0.25, 0.3) is 5.91 Å². The second-order valence-electron chi connectivity index (χ2n) is 6.76. The van der Waals surface area contributed by atoms with Crippen molar-refractivity contribution in [1.29, 1.82) is 0 Å². The first kappa shape index (κ1) is 20.8. The molecule has 1 aromatic rings. The molecule has 8 heteroatoms. The van der Waals surface area contributed by atoms with Crippen molar-refractivity contribution in [3.05, 3.63) is 38.0 Å². The first-order valence-electron chi connectivity index (χ1n) is 8.72. The number of aryl methyl sites for hydroxylation is 1. The molecule has 2 aliphatic rings. The molecule has 146 valence electrons. The number of carbonyl (C=O) groups is 1. The second kappa shape index (κ2) is 8.19. The first-order chi connectivity index (χ1) is 12.8. The van der Waals surface area contributed by atoms with Crippen LogP contribution < -0.4 is 5.32 Å². The number of halogens is 2. The Balaban J connectivity index is 2.20. The van der Waals surface area contributed by atoms with Crippen molar-refractivity contribution < 1.29 is 19.0 Å². The molecule has 2 unspecified atom stereocenters. The van der Waals surface area contributed by atoms with Crippen LogP contribution in [0.4, 0.5) is 0 Å². The van der Waals surface area contributed by atoms with Gasteiger partial charge in [0.2, 0.25) is 0 Å². The molecule has 1 spiro atoms. The number of hydrogen-bond donors (Lipinski definition) is 1. The van der Waals surface area contributed by atoms with Crippen LogP contribution in [0.1, 0.15) is 37.3 Å². The lowest BCUT2D eigenvalue weighted by Crippen LogP contribution is -2.51. The van der Waals surface area contributed by atoms with Gasteiger partial charge in [0, 0.05) is 46.2 Å². The molecule has 0 aromatic heterocycles. The molecule has 1 amide bonds. The lowest BCUT2D eigenvalue weighted by atomic mass is 9.84. The molecule has 1 fully saturated rings. The quantitative estimate of drug-likeness (QED) is 0.591. The highest BCUT2D eigenvalue weighted by Crippen LogP contribution is 2.45. The molecule has 5 nitrogen and oxygen atoms in total. The summed E-state index contributed by atoms with van der Waals surface area (Å²) in [5.41, 5.74) is 1.61. The number of thiocarbonyl (C=S) groups is 1. The molecule has 0 bridgehead atoms. The maximum atomic E-state index is 13.1. The number of carbonyl (C=O) groups excluding carboxylic acids is 1. The summed E-state index contributed by atoms with van der Waals surface area (Å²) in [6, 6.07) is 3.94. The van der Waals surface area contributed by atoms with Gasteiger partial charge >= 0.3 is 5.24 Å². The average molecular weight is 519 g/mol. The Hall–Kier alpha value is -0.960. The molecule has 1 saturated heterocycles. The summed E-state index contributed by atoms with van der Waals surface area (Å²) in [4.78, 5) is 13.1. The van der Waals surface area contributed by atoms with E-state index in [0.717, 1.165) is 26.5 Å². The van der Waals surface area contributed by atoms with Gasteiger partial charge in [-0.25, -0.2) is 0 Å². The summed E-state index contributed by atoms with van der Waals surface area (Å²) in [6.07, 6.45) is 2.13. The molecule has 27 heavy (non-hydrogen) atoms. The Morgan fingerprint density at radius 2 is 2.07 bits per heavy atom. The molecule has 2 aliphatic heterocycles. The van der Waals surface area contributed by atoms with Gasteiger partial charge in [-0.15, -0.1) is 0 Å². The van der Waals surface area contributed by atoms with Crippen LogP contribution in [-0.4, -0.2) is 36.5 Å². The van der Waals surface area contributed by atoms with Gasteiger partial charge in [0.05, 0.1) is 18.8 Å². The van der Waals surface area contributed by atoms with Gasteiger partial charge in [-0.05, 0) is 31.0 Å². The largest absolute Gasteiger partial charge is 0.460 e. The smallest absolute Gasteiger partial charge is 0.357 e. The lowest BCUT2D eigenvalue weighted by molar-refractivity contribution is -0.117. The Morgan fingerprint density at radius 3 is 2.67 bits per heavy atom. The predicted octanol–water partition coefficient (Wildman–Crippen LogP) is 4.64. The van der Waals surface area contributed by atoms with Gasteiger partial charge in [-0.2, -0.15) is 0 Å². The summed E-state index contributed by atoms with van der Waals surface area (Å²) >= 11 is 12.3. The third-order valence-electron chi connectivity index (χ3n) is 4.94. The molecule has 1 N–H and O–H groups in total. The van der Waals surface area contributed by atoms with Crippen molar-refractivity contribution in [2.45, 2.75) is 44.8 Å². The Kier molecular flexibility index (Phi) is 6.30. The highest BCUT2D eigenvalue weighted by molar-refractivity contribution is 9.11. The number of methoxy groups -OCH3 is 1. The normalized spacial score (nSPS) is 24.9. The van der Waals surface area contributed by atoms with Crippen LogP contribution in [0.5, 0.6) is 0 Å². The number of amides is 1.